The van der Waals surface area contributed by atoms with E-state index in [1.54, 1.807) is 18.4 Å². The number of amides is 1. The molecular formula is C12H15ClN4O2S. The molecule has 0 aliphatic carbocycles. The van der Waals surface area contributed by atoms with Crippen LogP contribution in [0.4, 0.5) is 0 Å². The Kier molecular flexibility index (Phi) is 4.74. The van der Waals surface area contributed by atoms with Crippen LogP contribution in [0.3, 0.4) is 0 Å². The minimum Gasteiger partial charge on any atom is -0.395 e. The van der Waals surface area contributed by atoms with Crippen LogP contribution < -0.4 is 0 Å². The highest BCUT2D eigenvalue weighted by molar-refractivity contribution is 7.11. The van der Waals surface area contributed by atoms with Crippen molar-refractivity contribution in [3.63, 3.8) is 0 Å². The number of aliphatic hydroxyl groups excluding tert-OH is 1. The number of hydrogen-bond acceptors (Lipinski definition) is 5. The monoisotopic (exact) mass is 314 g/mol. The molecule has 8 heteroatoms. The molecule has 1 amide bonds. The molecule has 0 fully saturated rings. The molecule has 0 aliphatic rings. The Labute approximate surface area is 125 Å². The van der Waals surface area contributed by atoms with Gasteiger partial charge in [0.05, 0.1) is 13.2 Å². The average Bonchev–Trinajstić information content (AvgIpc) is 2.95. The predicted molar refractivity (Wildman–Crippen MR) is 76.9 cm³/mol. The van der Waals surface area contributed by atoms with Gasteiger partial charge in [0.2, 0.25) is 11.1 Å². The second-order valence-electron chi connectivity index (χ2n) is 4.29. The van der Waals surface area contributed by atoms with Crippen molar-refractivity contribution < 1.29 is 9.90 Å². The van der Waals surface area contributed by atoms with Crippen molar-refractivity contribution in [2.24, 2.45) is 7.05 Å². The second kappa shape index (κ2) is 6.34. The molecule has 108 valence electrons. The molecule has 2 rings (SSSR count). The van der Waals surface area contributed by atoms with Crippen LogP contribution in [0.1, 0.15) is 20.4 Å². The quantitative estimate of drug-likeness (QED) is 0.907. The van der Waals surface area contributed by atoms with E-state index in [1.807, 2.05) is 19.1 Å². The molecule has 0 aliphatic heterocycles. The fourth-order valence-corrected chi connectivity index (χ4v) is 2.75. The van der Waals surface area contributed by atoms with Crippen LogP contribution in [0.5, 0.6) is 0 Å². The lowest BCUT2D eigenvalue weighted by Gasteiger charge is -2.19. The second-order valence-corrected chi connectivity index (χ2v) is 6.00. The van der Waals surface area contributed by atoms with Crippen molar-refractivity contribution in [1.29, 1.82) is 0 Å². The summed E-state index contributed by atoms with van der Waals surface area (Å²) in [6, 6.07) is 3.97. The van der Waals surface area contributed by atoms with E-state index in [0.29, 0.717) is 6.54 Å². The van der Waals surface area contributed by atoms with Gasteiger partial charge in [-0.2, -0.15) is 4.98 Å². The molecule has 2 aromatic rings. The molecule has 1 N–H and O–H groups in total. The Hall–Kier alpha value is -1.44. The summed E-state index contributed by atoms with van der Waals surface area (Å²) in [7, 11) is 1.62. The van der Waals surface area contributed by atoms with E-state index in [1.165, 1.54) is 14.5 Å². The normalized spacial score (nSPS) is 10.8. The van der Waals surface area contributed by atoms with E-state index in [4.69, 9.17) is 16.7 Å². The van der Waals surface area contributed by atoms with Gasteiger partial charge in [-0.1, -0.05) is 0 Å². The Morgan fingerprint density at radius 1 is 1.55 bits per heavy atom. The van der Waals surface area contributed by atoms with Crippen molar-refractivity contribution in [2.75, 3.05) is 13.2 Å². The Morgan fingerprint density at radius 3 is 2.80 bits per heavy atom. The number of halogens is 1. The third-order valence-electron chi connectivity index (χ3n) is 2.70. The lowest BCUT2D eigenvalue weighted by atomic mass is 10.3. The standard InChI is InChI=1S/C12H15ClN4O2S/c1-8-3-4-9(20-8)7-17(5-6-18)11(19)10-14-12(13)16(2)15-10/h3-4,18H,5-7H2,1-2H3. The highest BCUT2D eigenvalue weighted by atomic mass is 35.5. The van der Waals surface area contributed by atoms with Crippen LogP contribution in [0.2, 0.25) is 5.28 Å². The molecule has 20 heavy (non-hydrogen) atoms. The maximum Gasteiger partial charge on any atom is 0.293 e. The number of carbonyl (C=O) groups is 1. The van der Waals surface area contributed by atoms with E-state index in [9.17, 15) is 4.79 Å². The SMILES string of the molecule is Cc1ccc(CN(CCO)C(=O)c2nc(Cl)n(C)n2)s1. The number of nitrogens with zero attached hydrogens (tertiary/aromatic N) is 4. The lowest BCUT2D eigenvalue weighted by Crippen LogP contribution is -2.33. The summed E-state index contributed by atoms with van der Waals surface area (Å²) in [4.78, 5) is 20.0. The van der Waals surface area contributed by atoms with Gasteiger partial charge < -0.3 is 10.0 Å². The molecule has 0 spiro atoms. The van der Waals surface area contributed by atoms with E-state index in [-0.39, 0.29) is 30.2 Å². The van der Waals surface area contributed by atoms with Crippen LogP contribution in [-0.2, 0) is 13.6 Å². The van der Waals surface area contributed by atoms with E-state index >= 15 is 0 Å². The van der Waals surface area contributed by atoms with Crippen molar-refractivity contribution in [2.45, 2.75) is 13.5 Å². The lowest BCUT2D eigenvalue weighted by molar-refractivity contribution is 0.0697. The third kappa shape index (κ3) is 3.36. The first-order valence-electron chi connectivity index (χ1n) is 6.03. The first-order chi connectivity index (χ1) is 9.51. The largest absolute Gasteiger partial charge is 0.395 e. The molecule has 2 heterocycles. The molecule has 0 unspecified atom stereocenters. The first-order valence-corrected chi connectivity index (χ1v) is 7.22. The molecule has 0 aromatic carbocycles. The minimum atomic E-state index is -0.340. The number of aliphatic hydroxyl groups is 1. The van der Waals surface area contributed by atoms with Gasteiger partial charge in [0.15, 0.2) is 0 Å². The maximum absolute atomic E-state index is 12.3. The molecule has 0 bridgehead atoms. The molecule has 0 radical (unpaired) electrons. The van der Waals surface area contributed by atoms with Gasteiger partial charge in [-0.05, 0) is 30.7 Å². The fourth-order valence-electron chi connectivity index (χ4n) is 1.73. The zero-order valence-electron chi connectivity index (χ0n) is 11.2. The number of rotatable bonds is 5. The summed E-state index contributed by atoms with van der Waals surface area (Å²) in [6.07, 6.45) is 0. The van der Waals surface area contributed by atoms with Crippen molar-refractivity contribution in [3.05, 3.63) is 33.0 Å². The zero-order chi connectivity index (χ0) is 14.7. The van der Waals surface area contributed by atoms with Crippen molar-refractivity contribution in [1.82, 2.24) is 19.7 Å². The van der Waals surface area contributed by atoms with E-state index in [0.717, 1.165) is 4.88 Å². The van der Waals surface area contributed by atoms with Gasteiger partial charge in [0.25, 0.3) is 5.91 Å². The van der Waals surface area contributed by atoms with Gasteiger partial charge in [-0.15, -0.1) is 16.4 Å². The van der Waals surface area contributed by atoms with E-state index < -0.39 is 0 Å². The number of aryl methyl sites for hydroxylation is 2. The molecule has 0 saturated heterocycles. The Morgan fingerprint density at radius 2 is 2.30 bits per heavy atom. The molecular weight excluding hydrogens is 300 g/mol. The zero-order valence-corrected chi connectivity index (χ0v) is 12.8. The fraction of sp³-hybridized carbons (Fsp3) is 0.417. The summed E-state index contributed by atoms with van der Waals surface area (Å²) in [6.45, 7) is 2.54. The Bertz CT molecular complexity index is 591. The van der Waals surface area contributed by atoms with Crippen molar-refractivity contribution in [3.8, 4) is 0 Å². The molecule has 2 aromatic heterocycles. The maximum atomic E-state index is 12.3. The topological polar surface area (TPSA) is 71.2 Å². The number of thiophene rings is 1. The number of hydrogen-bond donors (Lipinski definition) is 1. The minimum absolute atomic E-state index is 0.0410. The van der Waals surface area contributed by atoms with E-state index in [2.05, 4.69) is 10.1 Å². The van der Waals surface area contributed by atoms with Gasteiger partial charge in [0, 0.05) is 23.3 Å². The molecule has 6 nitrogen and oxygen atoms in total. The van der Waals surface area contributed by atoms with Crippen LogP contribution in [-0.4, -0.2) is 43.8 Å². The Balaban J connectivity index is 2.17. The summed E-state index contributed by atoms with van der Waals surface area (Å²) in [5.41, 5.74) is 0. The van der Waals surface area contributed by atoms with Crippen LogP contribution in [0.15, 0.2) is 12.1 Å². The smallest absolute Gasteiger partial charge is 0.293 e. The van der Waals surface area contributed by atoms with Gasteiger partial charge in [0.1, 0.15) is 0 Å². The third-order valence-corrected chi connectivity index (χ3v) is 4.02. The first kappa shape index (κ1) is 15.0. The highest BCUT2D eigenvalue weighted by Crippen LogP contribution is 2.18. The summed E-state index contributed by atoms with van der Waals surface area (Å²) in [5.74, 6) is -0.299. The molecule has 0 atom stereocenters. The summed E-state index contributed by atoms with van der Waals surface area (Å²) < 4.78 is 1.33. The number of carbonyl (C=O) groups excluding carboxylic acids is 1. The predicted octanol–water partition coefficient (Wildman–Crippen LogP) is 1.47. The summed E-state index contributed by atoms with van der Waals surface area (Å²) in [5, 5.41) is 13.2. The average molecular weight is 315 g/mol. The van der Waals surface area contributed by atoms with Crippen molar-refractivity contribution >= 4 is 28.8 Å². The number of aromatic nitrogens is 3. The summed E-state index contributed by atoms with van der Waals surface area (Å²) >= 11 is 7.41. The van der Waals surface area contributed by atoms with Crippen LogP contribution >= 0.6 is 22.9 Å². The van der Waals surface area contributed by atoms with Crippen LogP contribution in [0, 0.1) is 6.92 Å². The van der Waals surface area contributed by atoms with Gasteiger partial charge >= 0.3 is 0 Å². The molecule has 0 saturated carbocycles. The van der Waals surface area contributed by atoms with Gasteiger partial charge in [-0.25, -0.2) is 4.68 Å². The van der Waals surface area contributed by atoms with Crippen LogP contribution in [0.25, 0.3) is 0 Å². The van der Waals surface area contributed by atoms with Gasteiger partial charge in [-0.3, -0.25) is 4.79 Å². The highest BCUT2D eigenvalue weighted by Gasteiger charge is 2.21.